The Hall–Kier alpha value is -2.20. The van der Waals surface area contributed by atoms with Gasteiger partial charge in [0.1, 0.15) is 17.0 Å². The second-order valence-electron chi connectivity index (χ2n) is 9.95. The van der Waals surface area contributed by atoms with E-state index < -0.39 is 12.6 Å². The monoisotopic (exact) mass is 478 g/mol. The molecule has 5 rings (SSSR count). The molecule has 178 valence electrons. The molecule has 0 radical (unpaired) electrons. The Bertz CT molecular complexity index is 1140. The zero-order valence-electron chi connectivity index (χ0n) is 19.1. The predicted octanol–water partition coefficient (Wildman–Crippen LogP) is 4.83. The van der Waals surface area contributed by atoms with Crippen molar-refractivity contribution in [1.82, 2.24) is 24.6 Å². The maximum atomic E-state index is 12.9. The molecule has 1 spiro atoms. The third-order valence-electron chi connectivity index (χ3n) is 7.03. The van der Waals surface area contributed by atoms with Gasteiger partial charge in [-0.05, 0) is 31.4 Å². The van der Waals surface area contributed by atoms with Crippen LogP contribution in [0.5, 0.6) is 0 Å². The number of nitrogens with zero attached hydrogens (tertiary/aromatic N) is 6. The maximum absolute atomic E-state index is 12.9. The Morgan fingerprint density at radius 3 is 2.64 bits per heavy atom. The van der Waals surface area contributed by atoms with Crippen molar-refractivity contribution in [3.63, 3.8) is 0 Å². The predicted molar refractivity (Wildman–Crippen MR) is 123 cm³/mol. The Labute approximate surface area is 195 Å². The summed E-state index contributed by atoms with van der Waals surface area (Å²) in [5, 5.41) is 5.12. The fourth-order valence-corrected chi connectivity index (χ4v) is 6.72. The Morgan fingerprint density at radius 2 is 1.94 bits per heavy atom. The lowest BCUT2D eigenvalue weighted by Crippen LogP contribution is -2.34. The number of likely N-dealkylation sites (tertiary alicyclic amines) is 1. The quantitative estimate of drug-likeness (QED) is 0.526. The molecule has 2 atom stereocenters. The molecule has 3 aromatic heterocycles. The summed E-state index contributed by atoms with van der Waals surface area (Å²) >= 11 is 1.11. The van der Waals surface area contributed by atoms with Crippen LogP contribution in [0.3, 0.4) is 0 Å². The summed E-state index contributed by atoms with van der Waals surface area (Å²) in [6, 6.07) is 1.96. The van der Waals surface area contributed by atoms with E-state index in [9.17, 15) is 13.2 Å². The average molecular weight is 479 g/mol. The second-order valence-corrected chi connectivity index (χ2v) is 11.1. The van der Waals surface area contributed by atoms with E-state index in [1.165, 1.54) is 11.9 Å². The second kappa shape index (κ2) is 8.23. The van der Waals surface area contributed by atoms with Crippen LogP contribution in [-0.4, -0.2) is 57.0 Å². The molecular weight excluding hydrogens is 449 g/mol. The van der Waals surface area contributed by atoms with Gasteiger partial charge in [0.15, 0.2) is 0 Å². The van der Waals surface area contributed by atoms with Crippen LogP contribution in [0, 0.1) is 11.3 Å². The van der Waals surface area contributed by atoms with E-state index in [4.69, 9.17) is 0 Å². The molecule has 2 fully saturated rings. The minimum Gasteiger partial charge on any atom is -0.355 e. The third-order valence-corrected chi connectivity index (χ3v) is 8.07. The highest BCUT2D eigenvalue weighted by Gasteiger charge is 2.46. The lowest BCUT2D eigenvalue weighted by atomic mass is 9.86. The van der Waals surface area contributed by atoms with Gasteiger partial charge in [-0.15, -0.1) is 11.3 Å². The first-order valence-corrected chi connectivity index (χ1v) is 12.2. The summed E-state index contributed by atoms with van der Waals surface area (Å²) in [6.07, 6.45) is 2.61. The van der Waals surface area contributed by atoms with Crippen LogP contribution in [0.25, 0.3) is 10.2 Å². The highest BCUT2D eigenvalue weighted by Crippen LogP contribution is 2.45. The van der Waals surface area contributed by atoms with E-state index in [0.717, 1.165) is 61.6 Å². The fourth-order valence-electron chi connectivity index (χ4n) is 5.70. The van der Waals surface area contributed by atoms with Gasteiger partial charge in [-0.3, -0.25) is 9.58 Å². The van der Waals surface area contributed by atoms with Crippen LogP contribution in [-0.2, 0) is 13.5 Å². The zero-order valence-corrected chi connectivity index (χ0v) is 20.0. The van der Waals surface area contributed by atoms with Gasteiger partial charge in [-0.2, -0.15) is 18.3 Å². The first-order chi connectivity index (χ1) is 15.6. The topological polar surface area (TPSA) is 50.1 Å². The molecule has 0 bridgehead atoms. The number of alkyl halides is 3. The Kier molecular flexibility index (Phi) is 5.63. The highest BCUT2D eigenvalue weighted by atomic mass is 32.1. The van der Waals surface area contributed by atoms with E-state index in [2.05, 4.69) is 44.9 Å². The molecule has 0 N–H and O–H groups in total. The van der Waals surface area contributed by atoms with E-state index in [1.807, 2.05) is 17.9 Å². The van der Waals surface area contributed by atoms with Crippen LogP contribution >= 0.6 is 11.3 Å². The molecule has 0 aromatic carbocycles. The number of halogens is 3. The average Bonchev–Trinajstić information content (AvgIpc) is 3.49. The Morgan fingerprint density at radius 1 is 1.15 bits per heavy atom. The van der Waals surface area contributed by atoms with Gasteiger partial charge >= 0.3 is 6.18 Å². The van der Waals surface area contributed by atoms with Crippen LogP contribution in [0.4, 0.5) is 19.0 Å². The summed E-state index contributed by atoms with van der Waals surface area (Å²) < 4.78 is 40.6. The van der Waals surface area contributed by atoms with E-state index in [0.29, 0.717) is 16.8 Å². The van der Waals surface area contributed by atoms with Gasteiger partial charge in [0.2, 0.25) is 0 Å². The summed E-state index contributed by atoms with van der Waals surface area (Å²) in [5.74, 6) is 1.24. The normalized spacial score (nSPS) is 22.9. The number of anilines is 1. The van der Waals surface area contributed by atoms with Crippen molar-refractivity contribution >= 4 is 27.4 Å². The van der Waals surface area contributed by atoms with Crippen LogP contribution < -0.4 is 4.90 Å². The summed E-state index contributed by atoms with van der Waals surface area (Å²) in [4.78, 5) is 14.5. The molecule has 10 heteroatoms. The van der Waals surface area contributed by atoms with Crippen molar-refractivity contribution in [2.24, 2.45) is 18.4 Å². The van der Waals surface area contributed by atoms with Crippen molar-refractivity contribution in [3.8, 4) is 0 Å². The van der Waals surface area contributed by atoms with Crippen molar-refractivity contribution in [3.05, 3.63) is 35.2 Å². The van der Waals surface area contributed by atoms with Gasteiger partial charge < -0.3 is 4.90 Å². The third kappa shape index (κ3) is 4.47. The standard InChI is InChI=1S/C23H29F3N6S/c1-15(2)19(16-10-29-30(3)11-16)31-6-4-22(12-31)5-7-32(13-22)20-18-8-17(9-23(24,25)26)33-21(18)28-14-27-20/h8,10-11,14-15,19H,4-7,9,12-13H2,1-3H3/t19?,22-/m0/s1. The van der Waals surface area contributed by atoms with Gasteiger partial charge in [0.05, 0.1) is 18.0 Å². The molecule has 0 amide bonds. The molecule has 33 heavy (non-hydrogen) atoms. The molecule has 2 aliphatic heterocycles. The molecule has 5 heterocycles. The molecule has 1 unspecified atom stereocenters. The number of hydrogen-bond acceptors (Lipinski definition) is 6. The van der Waals surface area contributed by atoms with E-state index in [-0.39, 0.29) is 10.3 Å². The van der Waals surface area contributed by atoms with E-state index >= 15 is 0 Å². The summed E-state index contributed by atoms with van der Waals surface area (Å²) in [5.41, 5.74) is 1.43. The van der Waals surface area contributed by atoms with Gasteiger partial charge in [0, 0.05) is 54.8 Å². The number of rotatable bonds is 5. The van der Waals surface area contributed by atoms with Crippen molar-refractivity contribution in [2.75, 3.05) is 31.1 Å². The van der Waals surface area contributed by atoms with Gasteiger partial charge in [-0.1, -0.05) is 13.8 Å². The molecular formula is C23H29F3N6S. The molecule has 6 nitrogen and oxygen atoms in total. The van der Waals surface area contributed by atoms with Crippen LogP contribution in [0.15, 0.2) is 24.8 Å². The zero-order chi connectivity index (χ0) is 23.4. The number of aromatic nitrogens is 4. The van der Waals surface area contributed by atoms with Crippen LogP contribution in [0.2, 0.25) is 0 Å². The molecule has 2 saturated heterocycles. The number of aryl methyl sites for hydroxylation is 1. The van der Waals surface area contributed by atoms with Crippen molar-refractivity contribution in [2.45, 2.75) is 45.3 Å². The molecule has 0 saturated carbocycles. The lowest BCUT2D eigenvalue weighted by Gasteiger charge is -2.32. The number of fused-ring (bicyclic) bond motifs is 1. The Balaban J connectivity index is 1.35. The van der Waals surface area contributed by atoms with Crippen molar-refractivity contribution in [1.29, 1.82) is 0 Å². The lowest BCUT2D eigenvalue weighted by molar-refractivity contribution is -0.126. The van der Waals surface area contributed by atoms with Crippen LogP contribution in [0.1, 0.15) is 43.2 Å². The maximum Gasteiger partial charge on any atom is 0.393 e. The smallest absolute Gasteiger partial charge is 0.355 e. The number of hydrogen-bond donors (Lipinski definition) is 0. The molecule has 3 aromatic rings. The highest BCUT2D eigenvalue weighted by molar-refractivity contribution is 7.18. The largest absolute Gasteiger partial charge is 0.393 e. The summed E-state index contributed by atoms with van der Waals surface area (Å²) in [7, 11) is 1.95. The number of thiophene rings is 1. The molecule has 0 aliphatic carbocycles. The van der Waals surface area contributed by atoms with Gasteiger partial charge in [0.25, 0.3) is 0 Å². The SMILES string of the molecule is CC(C)C(c1cnn(C)c1)N1CC[C@]2(CCN(c3ncnc4sc(CC(F)(F)F)cc34)C2)C1. The first-order valence-electron chi connectivity index (χ1n) is 11.4. The minimum absolute atomic E-state index is 0.178. The van der Waals surface area contributed by atoms with E-state index in [1.54, 1.807) is 6.07 Å². The van der Waals surface area contributed by atoms with Gasteiger partial charge in [-0.25, -0.2) is 9.97 Å². The van der Waals surface area contributed by atoms with Crippen molar-refractivity contribution < 1.29 is 13.2 Å². The molecule has 2 aliphatic rings. The summed E-state index contributed by atoms with van der Waals surface area (Å²) in [6.45, 7) is 8.31. The fraction of sp³-hybridized carbons (Fsp3) is 0.609. The minimum atomic E-state index is -4.22. The first kappa shape index (κ1) is 22.6.